The van der Waals surface area contributed by atoms with Crippen LogP contribution in [0.1, 0.15) is 20.3 Å². The maximum Gasteiger partial charge on any atom is 0.319 e. The molecule has 1 aromatic carbocycles. The van der Waals surface area contributed by atoms with Crippen LogP contribution < -0.4 is 0 Å². The monoisotopic (exact) mass is 436 g/mol. The molecule has 0 amide bonds. The average Bonchev–Trinajstić information content (AvgIpc) is 3.05. The second-order valence-corrected chi connectivity index (χ2v) is 8.55. The molecule has 0 N–H and O–H groups in total. The Bertz CT molecular complexity index is 880. The summed E-state index contributed by atoms with van der Waals surface area (Å²) in [5.74, 6) is -0.209. The molecule has 0 aliphatic carbocycles. The van der Waals surface area contributed by atoms with Crippen molar-refractivity contribution in [3.05, 3.63) is 40.4 Å². The van der Waals surface area contributed by atoms with Crippen molar-refractivity contribution < 1.29 is 9.53 Å². The summed E-state index contributed by atoms with van der Waals surface area (Å²) in [5.41, 5.74) is 2.19. The number of fused-ring (bicyclic) bond motifs is 1. The lowest BCUT2D eigenvalue weighted by molar-refractivity contribution is -0.142. The van der Waals surface area contributed by atoms with E-state index in [0.717, 1.165) is 37.3 Å². The molecule has 4 nitrogen and oxygen atoms in total. The van der Waals surface area contributed by atoms with Gasteiger partial charge in [0.05, 0.1) is 12.0 Å². The van der Waals surface area contributed by atoms with E-state index >= 15 is 0 Å². The molecular formula is C18H17BrN2O2S2. The molecule has 0 saturated carbocycles. The van der Waals surface area contributed by atoms with Gasteiger partial charge in [-0.2, -0.15) is 0 Å². The van der Waals surface area contributed by atoms with E-state index in [2.05, 4.69) is 43.4 Å². The maximum absolute atomic E-state index is 12.1. The Balaban J connectivity index is 1.94. The van der Waals surface area contributed by atoms with Crippen LogP contribution in [0, 0.1) is 0 Å². The Labute approximate surface area is 163 Å². The molecule has 2 aromatic heterocycles. The minimum absolute atomic E-state index is 0.209. The van der Waals surface area contributed by atoms with E-state index in [0.29, 0.717) is 6.61 Å². The van der Waals surface area contributed by atoms with Crippen molar-refractivity contribution in [3.63, 3.8) is 0 Å². The van der Waals surface area contributed by atoms with E-state index < -0.39 is 0 Å². The van der Waals surface area contributed by atoms with Crippen LogP contribution in [0.25, 0.3) is 21.3 Å². The van der Waals surface area contributed by atoms with Crippen LogP contribution in [0.3, 0.4) is 0 Å². The number of aromatic nitrogens is 2. The van der Waals surface area contributed by atoms with E-state index in [1.807, 2.05) is 26.0 Å². The molecule has 1 unspecified atom stereocenters. The Kier molecular flexibility index (Phi) is 6.09. The Morgan fingerprint density at radius 2 is 2.08 bits per heavy atom. The molecule has 0 aliphatic heterocycles. The van der Waals surface area contributed by atoms with Crippen LogP contribution in [-0.4, -0.2) is 27.8 Å². The number of ether oxygens (including phenoxy) is 1. The fourth-order valence-corrected chi connectivity index (χ4v) is 4.49. The maximum atomic E-state index is 12.1. The second-order valence-electron chi connectivity index (χ2n) is 5.44. The molecule has 25 heavy (non-hydrogen) atoms. The van der Waals surface area contributed by atoms with Crippen LogP contribution in [-0.2, 0) is 9.53 Å². The van der Waals surface area contributed by atoms with Crippen LogP contribution in [0.15, 0.2) is 45.5 Å². The van der Waals surface area contributed by atoms with Gasteiger partial charge < -0.3 is 4.74 Å². The van der Waals surface area contributed by atoms with Crippen molar-refractivity contribution >= 4 is 55.2 Å². The van der Waals surface area contributed by atoms with Crippen molar-refractivity contribution in [3.8, 4) is 11.1 Å². The largest absolute Gasteiger partial charge is 0.465 e. The fourth-order valence-electron chi connectivity index (χ4n) is 2.31. The third-order valence-electron chi connectivity index (χ3n) is 3.56. The molecule has 0 bridgehead atoms. The molecule has 0 radical (unpaired) electrons. The Morgan fingerprint density at radius 3 is 2.80 bits per heavy atom. The zero-order chi connectivity index (χ0) is 17.8. The third-order valence-corrected chi connectivity index (χ3v) is 6.05. The first-order valence-corrected chi connectivity index (χ1v) is 10.5. The minimum Gasteiger partial charge on any atom is -0.465 e. The van der Waals surface area contributed by atoms with Gasteiger partial charge in [-0.15, -0.1) is 11.3 Å². The highest BCUT2D eigenvalue weighted by molar-refractivity contribution is 9.10. The number of carbonyl (C=O) groups is 1. The van der Waals surface area contributed by atoms with Gasteiger partial charge in [-0.1, -0.05) is 46.7 Å². The van der Waals surface area contributed by atoms with E-state index in [4.69, 9.17) is 4.74 Å². The van der Waals surface area contributed by atoms with E-state index in [1.165, 1.54) is 11.8 Å². The highest BCUT2D eigenvalue weighted by Crippen LogP contribution is 2.39. The fraction of sp³-hybridized carbons (Fsp3) is 0.278. The molecule has 2 heterocycles. The lowest BCUT2D eigenvalue weighted by Crippen LogP contribution is -2.17. The van der Waals surface area contributed by atoms with Crippen LogP contribution in [0.4, 0.5) is 0 Å². The van der Waals surface area contributed by atoms with Gasteiger partial charge in [-0.05, 0) is 31.0 Å². The minimum atomic E-state index is -0.317. The first kappa shape index (κ1) is 18.4. The van der Waals surface area contributed by atoms with Crippen molar-refractivity contribution in [1.82, 2.24) is 9.97 Å². The molecule has 0 fully saturated rings. The number of nitrogens with zero attached hydrogens (tertiary/aromatic N) is 2. The van der Waals surface area contributed by atoms with Crippen molar-refractivity contribution in [2.24, 2.45) is 0 Å². The van der Waals surface area contributed by atoms with Gasteiger partial charge in [0.1, 0.15) is 21.4 Å². The van der Waals surface area contributed by atoms with Gasteiger partial charge in [0.25, 0.3) is 0 Å². The Hall–Kier alpha value is -1.44. The van der Waals surface area contributed by atoms with Crippen LogP contribution in [0.2, 0.25) is 0 Å². The van der Waals surface area contributed by atoms with Gasteiger partial charge >= 0.3 is 5.97 Å². The van der Waals surface area contributed by atoms with E-state index in [9.17, 15) is 4.79 Å². The molecule has 130 valence electrons. The van der Waals surface area contributed by atoms with Gasteiger partial charge in [0, 0.05) is 15.4 Å². The second kappa shape index (κ2) is 8.29. The lowest BCUT2D eigenvalue weighted by atomic mass is 10.1. The average molecular weight is 437 g/mol. The number of benzene rings is 1. The van der Waals surface area contributed by atoms with Gasteiger partial charge in [0.2, 0.25) is 0 Å². The predicted octanol–water partition coefficient (Wildman–Crippen LogP) is 5.55. The molecule has 0 saturated heterocycles. The molecule has 0 aliphatic rings. The predicted molar refractivity (Wildman–Crippen MR) is 107 cm³/mol. The smallest absolute Gasteiger partial charge is 0.319 e. The SMILES string of the molecule is CCCOC(=O)C(C)Sc1ncnc2scc(-c3ccc(Br)cc3)c12. The zero-order valence-corrected chi connectivity index (χ0v) is 17.1. The third kappa shape index (κ3) is 4.22. The molecular weight excluding hydrogens is 420 g/mol. The van der Waals surface area contributed by atoms with Crippen molar-refractivity contribution in [2.45, 2.75) is 30.5 Å². The number of carbonyl (C=O) groups excluding carboxylic acids is 1. The molecule has 1 atom stereocenters. The number of rotatable bonds is 6. The summed E-state index contributed by atoms with van der Waals surface area (Å²) in [5, 5.41) is 3.58. The summed E-state index contributed by atoms with van der Waals surface area (Å²) < 4.78 is 6.28. The summed E-state index contributed by atoms with van der Waals surface area (Å²) >= 11 is 6.47. The first-order valence-electron chi connectivity index (χ1n) is 7.91. The number of thiophene rings is 1. The van der Waals surface area contributed by atoms with E-state index in [-0.39, 0.29) is 11.2 Å². The van der Waals surface area contributed by atoms with Crippen molar-refractivity contribution in [2.75, 3.05) is 6.61 Å². The zero-order valence-electron chi connectivity index (χ0n) is 13.9. The molecule has 3 aromatic rings. The highest BCUT2D eigenvalue weighted by Gasteiger charge is 2.20. The topological polar surface area (TPSA) is 52.1 Å². The van der Waals surface area contributed by atoms with Crippen LogP contribution in [0.5, 0.6) is 0 Å². The van der Waals surface area contributed by atoms with Gasteiger partial charge in [-0.3, -0.25) is 4.79 Å². The summed E-state index contributed by atoms with van der Waals surface area (Å²) in [6.45, 7) is 4.28. The molecule has 3 rings (SSSR count). The van der Waals surface area contributed by atoms with Crippen molar-refractivity contribution in [1.29, 1.82) is 0 Å². The number of halogens is 1. The lowest BCUT2D eigenvalue weighted by Gasteiger charge is -2.11. The van der Waals surface area contributed by atoms with Gasteiger partial charge in [0.15, 0.2) is 0 Å². The van der Waals surface area contributed by atoms with Gasteiger partial charge in [-0.25, -0.2) is 9.97 Å². The number of hydrogen-bond acceptors (Lipinski definition) is 6. The number of hydrogen-bond donors (Lipinski definition) is 0. The highest BCUT2D eigenvalue weighted by atomic mass is 79.9. The number of thioether (sulfide) groups is 1. The summed E-state index contributed by atoms with van der Waals surface area (Å²) in [4.78, 5) is 21.8. The molecule has 7 heteroatoms. The summed E-state index contributed by atoms with van der Waals surface area (Å²) in [6.07, 6.45) is 2.37. The summed E-state index contributed by atoms with van der Waals surface area (Å²) in [7, 11) is 0. The first-order chi connectivity index (χ1) is 12.1. The summed E-state index contributed by atoms with van der Waals surface area (Å²) in [6, 6.07) is 8.15. The standard InChI is InChI=1S/C18H17BrN2O2S2/c1-3-8-23-18(22)11(2)25-17-15-14(9-24-16(15)20-10-21-17)12-4-6-13(19)7-5-12/h4-7,9-11H,3,8H2,1-2H3. The van der Waals surface area contributed by atoms with Crippen LogP contribution >= 0.6 is 39.0 Å². The quantitative estimate of drug-likeness (QED) is 0.287. The Morgan fingerprint density at radius 1 is 1.32 bits per heavy atom. The molecule has 0 spiro atoms. The number of esters is 1. The van der Waals surface area contributed by atoms with E-state index in [1.54, 1.807) is 17.7 Å². The normalized spacial score (nSPS) is 12.3.